The molecule has 0 spiro atoms. The lowest BCUT2D eigenvalue weighted by Gasteiger charge is -2.43. The highest BCUT2D eigenvalue weighted by atomic mass is 16.8. The molecule has 10 atom stereocenters. The Morgan fingerprint density at radius 3 is 2.41 bits per heavy atom. The molecule has 1 aromatic carbocycles. The van der Waals surface area contributed by atoms with Crippen molar-refractivity contribution in [3.05, 3.63) is 54.3 Å². The second kappa shape index (κ2) is 13.9. The molecule has 0 aliphatic carbocycles. The second-order valence-electron chi connectivity index (χ2n) is 10.6. The van der Waals surface area contributed by atoms with Gasteiger partial charge in [0.2, 0.25) is 6.29 Å². The predicted octanol–water partition coefficient (Wildman–Crippen LogP) is 0.480. The Balaban J connectivity index is 1.48. The predicted molar refractivity (Wildman–Crippen MR) is 141 cm³/mol. The molecule has 0 amide bonds. The van der Waals surface area contributed by atoms with Crippen LogP contribution in [0.1, 0.15) is 31.2 Å². The van der Waals surface area contributed by atoms with E-state index >= 15 is 0 Å². The lowest BCUT2D eigenvalue weighted by molar-refractivity contribution is -0.339. The highest BCUT2D eigenvalue weighted by molar-refractivity contribution is 5.89. The number of hydrogen-bond acceptors (Lipinski definition) is 12. The fourth-order valence-electron chi connectivity index (χ4n) is 5.57. The second-order valence-corrected chi connectivity index (χ2v) is 10.6. The molecule has 12 heteroatoms. The molecule has 0 radical (unpaired) electrons. The molecule has 12 nitrogen and oxygen atoms in total. The van der Waals surface area contributed by atoms with E-state index in [4.69, 9.17) is 23.7 Å². The van der Waals surface area contributed by atoms with Gasteiger partial charge in [0.25, 0.3) is 0 Å². The number of carbonyl (C=O) groups is 2. The van der Waals surface area contributed by atoms with Crippen molar-refractivity contribution in [3.8, 4) is 5.75 Å². The van der Waals surface area contributed by atoms with Crippen LogP contribution >= 0.6 is 0 Å². The number of phenolic OH excluding ortho intramolecular Hbond substituents is 1. The number of methoxy groups -OCH3 is 1. The van der Waals surface area contributed by atoms with Crippen LogP contribution in [0.5, 0.6) is 5.75 Å². The number of ketones is 1. The maximum atomic E-state index is 12.7. The van der Waals surface area contributed by atoms with Gasteiger partial charge in [0.1, 0.15) is 35.9 Å². The van der Waals surface area contributed by atoms with E-state index in [0.29, 0.717) is 12.8 Å². The molecule has 2 fully saturated rings. The molecule has 0 bridgehead atoms. The average Bonchev–Trinajstić information content (AvgIpc) is 2.96. The summed E-state index contributed by atoms with van der Waals surface area (Å²) in [7, 11) is 1.24. The summed E-state index contributed by atoms with van der Waals surface area (Å²) in [4.78, 5) is 25.4. The number of aliphatic hydroxyl groups excluding tert-OH is 4. The van der Waals surface area contributed by atoms with E-state index in [0.717, 1.165) is 5.56 Å². The smallest absolute Gasteiger partial charge is 0.337 e. The van der Waals surface area contributed by atoms with Gasteiger partial charge in [-0.15, -0.1) is 6.58 Å². The van der Waals surface area contributed by atoms with Crippen LogP contribution in [0.25, 0.3) is 0 Å². The first-order valence-electron chi connectivity index (χ1n) is 13.6. The Morgan fingerprint density at radius 2 is 1.76 bits per heavy atom. The van der Waals surface area contributed by atoms with Crippen molar-refractivity contribution in [1.82, 2.24) is 0 Å². The highest BCUT2D eigenvalue weighted by Crippen LogP contribution is 2.39. The van der Waals surface area contributed by atoms with Gasteiger partial charge in [-0.05, 0) is 37.0 Å². The summed E-state index contributed by atoms with van der Waals surface area (Å²) in [5.41, 5.74) is 1.19. The Bertz CT molecular complexity index is 1090. The molecule has 0 aromatic heterocycles. The van der Waals surface area contributed by atoms with Crippen LogP contribution in [-0.4, -0.2) is 100 Å². The van der Waals surface area contributed by atoms with Crippen molar-refractivity contribution in [1.29, 1.82) is 0 Å². The van der Waals surface area contributed by atoms with Gasteiger partial charge in [-0.3, -0.25) is 4.79 Å². The zero-order valence-corrected chi connectivity index (χ0v) is 22.8. The highest BCUT2D eigenvalue weighted by Gasteiger charge is 2.48. The lowest BCUT2D eigenvalue weighted by Crippen LogP contribution is -2.60. The third kappa shape index (κ3) is 7.33. The number of hydrogen-bond donors (Lipinski definition) is 5. The number of rotatable bonds is 10. The summed E-state index contributed by atoms with van der Waals surface area (Å²) in [6.45, 7) is 3.24. The first kappa shape index (κ1) is 31.1. The molecule has 5 unspecified atom stereocenters. The van der Waals surface area contributed by atoms with Gasteiger partial charge < -0.3 is 49.2 Å². The molecule has 5 N–H and O–H groups in total. The monoisotopic (exact) mass is 578 g/mol. The topological polar surface area (TPSA) is 181 Å². The molecule has 226 valence electrons. The molecule has 3 heterocycles. The number of phenols is 1. The van der Waals surface area contributed by atoms with Gasteiger partial charge in [0.15, 0.2) is 6.29 Å². The largest absolute Gasteiger partial charge is 0.508 e. The standard InChI is InChI=1S/C29H38O12/c1-3-20-21(12-19-11-17(32)10-18(39-19)9-6-15-4-7-16(31)8-5-15)22(27(36)37-2)14-38-28(20)41-29-26(35)25(34)24(33)23(13-30)40-29/h3-5,7-8,14,18-21,23-26,28-31,33-35H,1,6,9-13H2,2H3/t18-,19+,20+,21-,23?,24?,25?,26?,28-,29?/m0/s1. The Hall–Kier alpha value is -2.84. The summed E-state index contributed by atoms with van der Waals surface area (Å²) in [5.74, 6) is -1.74. The van der Waals surface area contributed by atoms with Gasteiger partial charge in [0, 0.05) is 24.7 Å². The van der Waals surface area contributed by atoms with Crippen molar-refractivity contribution in [3.63, 3.8) is 0 Å². The van der Waals surface area contributed by atoms with Crippen molar-refractivity contribution in [2.75, 3.05) is 13.7 Å². The van der Waals surface area contributed by atoms with Crippen molar-refractivity contribution >= 4 is 11.8 Å². The van der Waals surface area contributed by atoms with E-state index in [2.05, 4.69) is 6.58 Å². The normalized spacial score (nSPS) is 35.7. The number of ether oxygens (including phenoxy) is 5. The molecule has 0 saturated carbocycles. The van der Waals surface area contributed by atoms with Crippen LogP contribution in [0.3, 0.4) is 0 Å². The number of esters is 1. The average molecular weight is 579 g/mol. The number of aryl methyl sites for hydroxylation is 1. The lowest BCUT2D eigenvalue weighted by atomic mass is 9.78. The molecule has 4 rings (SSSR count). The van der Waals surface area contributed by atoms with Gasteiger partial charge in [0.05, 0.1) is 37.8 Å². The van der Waals surface area contributed by atoms with Crippen LogP contribution < -0.4 is 0 Å². The quantitative estimate of drug-likeness (QED) is 0.192. The number of Topliss-reactive ketones (excluding diaryl/α,β-unsaturated/α-hetero) is 1. The first-order valence-corrected chi connectivity index (χ1v) is 13.6. The van der Waals surface area contributed by atoms with Gasteiger partial charge in [-0.2, -0.15) is 0 Å². The minimum atomic E-state index is -1.65. The zero-order chi connectivity index (χ0) is 29.7. The van der Waals surface area contributed by atoms with Crippen LogP contribution in [0, 0.1) is 11.8 Å². The molecular weight excluding hydrogens is 540 g/mol. The zero-order valence-electron chi connectivity index (χ0n) is 22.8. The van der Waals surface area contributed by atoms with Crippen molar-refractivity contribution in [2.45, 2.75) is 81.3 Å². The van der Waals surface area contributed by atoms with E-state index in [1.165, 1.54) is 19.4 Å². The number of aliphatic hydroxyl groups is 4. The summed E-state index contributed by atoms with van der Waals surface area (Å²) in [6.07, 6.45) is -4.88. The van der Waals surface area contributed by atoms with E-state index < -0.39 is 67.5 Å². The molecular formula is C29H38O12. The molecule has 1 aromatic rings. The Kier molecular flexibility index (Phi) is 10.5. The fraction of sp³-hybridized carbons (Fsp3) is 0.586. The molecule has 2 saturated heterocycles. The van der Waals surface area contributed by atoms with E-state index in [1.807, 2.05) is 12.1 Å². The maximum Gasteiger partial charge on any atom is 0.337 e. The van der Waals surface area contributed by atoms with Gasteiger partial charge >= 0.3 is 5.97 Å². The SMILES string of the molecule is C=C[C@H]1[C@H](OC2OC(CO)C(O)C(O)C2O)OC=C(C(=O)OC)[C@H]1C[C@H]1CC(=O)C[C@H](CCc2ccc(O)cc2)O1. The molecule has 3 aliphatic rings. The van der Waals surface area contributed by atoms with E-state index in [-0.39, 0.29) is 42.5 Å². The minimum absolute atomic E-state index is 0.0388. The number of benzene rings is 1. The van der Waals surface area contributed by atoms with Crippen molar-refractivity contribution < 1.29 is 58.8 Å². The summed E-state index contributed by atoms with van der Waals surface area (Å²) >= 11 is 0. The van der Waals surface area contributed by atoms with Gasteiger partial charge in [-0.25, -0.2) is 4.79 Å². The third-order valence-corrected chi connectivity index (χ3v) is 7.82. The van der Waals surface area contributed by atoms with E-state index in [9.17, 15) is 35.1 Å². The third-order valence-electron chi connectivity index (χ3n) is 7.82. The summed E-state index contributed by atoms with van der Waals surface area (Å²) in [6, 6.07) is 6.85. The summed E-state index contributed by atoms with van der Waals surface area (Å²) in [5, 5.41) is 49.7. The Morgan fingerprint density at radius 1 is 1.05 bits per heavy atom. The number of aromatic hydroxyl groups is 1. The number of carbonyl (C=O) groups excluding carboxylic acids is 2. The van der Waals surface area contributed by atoms with Crippen LogP contribution in [0.2, 0.25) is 0 Å². The minimum Gasteiger partial charge on any atom is -0.508 e. The fourth-order valence-corrected chi connectivity index (χ4v) is 5.57. The van der Waals surface area contributed by atoms with Gasteiger partial charge in [-0.1, -0.05) is 18.2 Å². The van der Waals surface area contributed by atoms with E-state index in [1.54, 1.807) is 12.1 Å². The molecule has 41 heavy (non-hydrogen) atoms. The summed E-state index contributed by atoms with van der Waals surface area (Å²) < 4.78 is 28.2. The van der Waals surface area contributed by atoms with Crippen molar-refractivity contribution in [2.24, 2.45) is 11.8 Å². The van der Waals surface area contributed by atoms with Crippen LogP contribution in [0.15, 0.2) is 48.8 Å². The first-order chi connectivity index (χ1) is 19.6. The van der Waals surface area contributed by atoms with Crippen LogP contribution in [-0.2, 0) is 39.7 Å². The van der Waals surface area contributed by atoms with Crippen LogP contribution in [0.4, 0.5) is 0 Å². The Labute approximate surface area is 237 Å². The molecule has 3 aliphatic heterocycles. The maximum absolute atomic E-state index is 12.7.